The lowest BCUT2D eigenvalue weighted by atomic mass is 9.89. The highest BCUT2D eigenvalue weighted by atomic mass is 16.5. The molecule has 0 saturated carbocycles. The molecule has 1 aromatic heterocycles. The SMILES string of the molecule is CC1(C)Oc2ccc3ccc(=O)oc3c2C(O)C1=O. The quantitative estimate of drug-likeness (QED) is 0.727. The van der Waals surface area contributed by atoms with Crippen molar-refractivity contribution in [2.45, 2.75) is 25.6 Å². The van der Waals surface area contributed by atoms with Gasteiger partial charge in [-0.25, -0.2) is 4.79 Å². The Labute approximate surface area is 108 Å². The van der Waals surface area contributed by atoms with Crippen LogP contribution in [-0.2, 0) is 4.79 Å². The number of hydrogen-bond acceptors (Lipinski definition) is 5. The Hall–Kier alpha value is -2.14. The number of aliphatic hydroxyl groups is 1. The van der Waals surface area contributed by atoms with Crippen LogP contribution in [0.3, 0.4) is 0 Å². The number of carbonyl (C=O) groups excluding carboxylic acids is 1. The van der Waals surface area contributed by atoms with E-state index in [1.54, 1.807) is 32.0 Å². The highest BCUT2D eigenvalue weighted by molar-refractivity contribution is 5.98. The van der Waals surface area contributed by atoms with Crippen LogP contribution in [0.4, 0.5) is 0 Å². The summed E-state index contributed by atoms with van der Waals surface area (Å²) in [6.45, 7) is 3.18. The van der Waals surface area contributed by atoms with Crippen LogP contribution in [0.25, 0.3) is 11.0 Å². The largest absolute Gasteiger partial charge is 0.479 e. The lowest BCUT2D eigenvalue weighted by molar-refractivity contribution is -0.143. The molecule has 0 saturated heterocycles. The molecule has 0 fully saturated rings. The molecule has 0 radical (unpaired) electrons. The standard InChI is InChI=1S/C14H12O5/c1-14(2)13(17)11(16)10-8(19-14)5-3-7-4-6-9(15)18-12(7)10/h3-6,11,16H,1-2H3. The Morgan fingerprint density at radius 2 is 1.84 bits per heavy atom. The monoisotopic (exact) mass is 260 g/mol. The molecule has 1 aromatic carbocycles. The average molecular weight is 260 g/mol. The molecule has 98 valence electrons. The van der Waals surface area contributed by atoms with Gasteiger partial charge in [0.05, 0.1) is 5.56 Å². The highest BCUT2D eigenvalue weighted by Gasteiger charge is 2.43. The third-order valence-electron chi connectivity index (χ3n) is 3.27. The Bertz CT molecular complexity index is 741. The van der Waals surface area contributed by atoms with Gasteiger partial charge in [0.15, 0.2) is 5.60 Å². The van der Waals surface area contributed by atoms with E-state index < -0.39 is 23.1 Å². The van der Waals surface area contributed by atoms with Crippen LogP contribution in [0.5, 0.6) is 5.75 Å². The number of fused-ring (bicyclic) bond motifs is 3. The maximum atomic E-state index is 12.0. The summed E-state index contributed by atoms with van der Waals surface area (Å²) in [4.78, 5) is 23.4. The zero-order valence-electron chi connectivity index (χ0n) is 10.5. The van der Waals surface area contributed by atoms with E-state index in [-0.39, 0.29) is 11.1 Å². The number of ether oxygens (including phenoxy) is 1. The molecule has 1 aliphatic rings. The number of Topliss-reactive ketones (excluding diaryl/α,β-unsaturated/α-hetero) is 1. The van der Waals surface area contributed by atoms with Crippen molar-refractivity contribution in [1.29, 1.82) is 0 Å². The van der Waals surface area contributed by atoms with Crippen molar-refractivity contribution < 1.29 is 19.1 Å². The van der Waals surface area contributed by atoms with Crippen LogP contribution >= 0.6 is 0 Å². The Kier molecular flexibility index (Phi) is 2.31. The summed E-state index contributed by atoms with van der Waals surface area (Å²) < 4.78 is 10.7. The molecule has 0 spiro atoms. The van der Waals surface area contributed by atoms with Gasteiger partial charge in [0.2, 0.25) is 5.78 Å². The summed E-state index contributed by atoms with van der Waals surface area (Å²) in [5, 5.41) is 10.8. The zero-order valence-corrected chi connectivity index (χ0v) is 10.5. The second-order valence-corrected chi connectivity index (χ2v) is 5.03. The summed E-state index contributed by atoms with van der Waals surface area (Å²) in [7, 11) is 0. The van der Waals surface area contributed by atoms with Gasteiger partial charge >= 0.3 is 5.63 Å². The third-order valence-corrected chi connectivity index (χ3v) is 3.27. The molecule has 2 aromatic rings. The predicted octanol–water partition coefficient (Wildman–Crippen LogP) is 1.57. The van der Waals surface area contributed by atoms with Crippen LogP contribution in [0.1, 0.15) is 25.5 Å². The molecule has 0 amide bonds. The molecule has 1 atom stereocenters. The Balaban J connectivity index is 2.36. The van der Waals surface area contributed by atoms with E-state index in [0.717, 1.165) is 0 Å². The number of benzene rings is 1. The van der Waals surface area contributed by atoms with E-state index in [1.165, 1.54) is 6.07 Å². The van der Waals surface area contributed by atoms with Gasteiger partial charge in [-0.3, -0.25) is 4.79 Å². The van der Waals surface area contributed by atoms with E-state index in [9.17, 15) is 14.7 Å². The molecule has 0 bridgehead atoms. The number of ketones is 1. The minimum Gasteiger partial charge on any atom is -0.479 e. The topological polar surface area (TPSA) is 76.7 Å². The van der Waals surface area contributed by atoms with Crippen LogP contribution in [0, 0.1) is 0 Å². The van der Waals surface area contributed by atoms with Gasteiger partial charge in [0.25, 0.3) is 0 Å². The van der Waals surface area contributed by atoms with Crippen LogP contribution in [0.2, 0.25) is 0 Å². The normalized spacial score (nSPS) is 21.0. The second kappa shape index (κ2) is 3.68. The van der Waals surface area contributed by atoms with Gasteiger partial charge in [0, 0.05) is 11.5 Å². The first-order chi connectivity index (χ1) is 8.90. The lowest BCUT2D eigenvalue weighted by Crippen LogP contribution is -2.45. The average Bonchev–Trinajstić information content (AvgIpc) is 2.35. The minimum atomic E-state index is -1.35. The Morgan fingerprint density at radius 3 is 2.58 bits per heavy atom. The van der Waals surface area contributed by atoms with E-state index in [2.05, 4.69) is 0 Å². The van der Waals surface area contributed by atoms with Gasteiger partial charge in [-0.05, 0) is 32.0 Å². The van der Waals surface area contributed by atoms with Gasteiger partial charge in [0.1, 0.15) is 17.4 Å². The maximum absolute atomic E-state index is 12.0. The van der Waals surface area contributed by atoms with Crippen molar-refractivity contribution in [3.8, 4) is 5.75 Å². The van der Waals surface area contributed by atoms with Crippen molar-refractivity contribution in [3.63, 3.8) is 0 Å². The van der Waals surface area contributed by atoms with Gasteiger partial charge in [-0.15, -0.1) is 0 Å². The number of hydrogen-bond donors (Lipinski definition) is 1. The fourth-order valence-corrected chi connectivity index (χ4v) is 2.27. The first kappa shape index (κ1) is 11.9. The molecule has 1 N–H and O–H groups in total. The first-order valence-electron chi connectivity index (χ1n) is 5.88. The fraction of sp³-hybridized carbons (Fsp3) is 0.286. The van der Waals surface area contributed by atoms with Crippen LogP contribution in [-0.4, -0.2) is 16.5 Å². The number of carbonyl (C=O) groups is 1. The molecule has 19 heavy (non-hydrogen) atoms. The molecular weight excluding hydrogens is 248 g/mol. The van der Waals surface area contributed by atoms with Gasteiger partial charge in [-0.2, -0.15) is 0 Å². The molecule has 3 rings (SSSR count). The van der Waals surface area contributed by atoms with E-state index in [0.29, 0.717) is 11.1 Å². The summed E-state index contributed by atoms with van der Waals surface area (Å²) in [6.07, 6.45) is -1.35. The molecule has 1 aliphatic heterocycles. The van der Waals surface area contributed by atoms with Gasteiger partial charge < -0.3 is 14.3 Å². The first-order valence-corrected chi connectivity index (χ1v) is 5.88. The van der Waals surface area contributed by atoms with Crippen molar-refractivity contribution in [2.24, 2.45) is 0 Å². The van der Waals surface area contributed by atoms with Crippen LogP contribution in [0.15, 0.2) is 33.5 Å². The molecule has 1 unspecified atom stereocenters. The smallest absolute Gasteiger partial charge is 0.336 e. The van der Waals surface area contributed by atoms with E-state index in [1.807, 2.05) is 0 Å². The maximum Gasteiger partial charge on any atom is 0.336 e. The zero-order chi connectivity index (χ0) is 13.8. The molecule has 0 aliphatic carbocycles. The minimum absolute atomic E-state index is 0.196. The molecule has 2 heterocycles. The number of aliphatic hydroxyl groups excluding tert-OH is 1. The fourth-order valence-electron chi connectivity index (χ4n) is 2.27. The summed E-state index contributed by atoms with van der Waals surface area (Å²) >= 11 is 0. The van der Waals surface area contributed by atoms with Crippen molar-refractivity contribution in [1.82, 2.24) is 0 Å². The second-order valence-electron chi connectivity index (χ2n) is 5.03. The van der Waals surface area contributed by atoms with Crippen LogP contribution < -0.4 is 10.4 Å². The number of rotatable bonds is 0. The van der Waals surface area contributed by atoms with Crippen molar-refractivity contribution in [3.05, 3.63) is 40.2 Å². The van der Waals surface area contributed by atoms with Gasteiger partial charge in [-0.1, -0.05) is 0 Å². The Morgan fingerprint density at radius 1 is 1.16 bits per heavy atom. The van der Waals surface area contributed by atoms with E-state index in [4.69, 9.17) is 9.15 Å². The predicted molar refractivity (Wildman–Crippen MR) is 67.2 cm³/mol. The summed E-state index contributed by atoms with van der Waals surface area (Å²) in [5.74, 6) is -0.0991. The highest BCUT2D eigenvalue weighted by Crippen LogP contribution is 2.40. The summed E-state index contributed by atoms with van der Waals surface area (Å²) in [5.41, 5.74) is -1.22. The van der Waals surface area contributed by atoms with Crippen molar-refractivity contribution in [2.75, 3.05) is 0 Å². The van der Waals surface area contributed by atoms with E-state index >= 15 is 0 Å². The summed E-state index contributed by atoms with van der Waals surface area (Å²) in [6, 6.07) is 6.25. The lowest BCUT2D eigenvalue weighted by Gasteiger charge is -2.33. The van der Waals surface area contributed by atoms with Crippen molar-refractivity contribution >= 4 is 16.8 Å². The third kappa shape index (κ3) is 1.66. The molecular formula is C14H12O5. The molecule has 5 nitrogen and oxygen atoms in total. The molecule has 5 heteroatoms.